The van der Waals surface area contributed by atoms with E-state index in [1.165, 1.54) is 0 Å². The maximum atomic E-state index is 12.3. The first-order valence-corrected chi connectivity index (χ1v) is 7.72. The van der Waals surface area contributed by atoms with E-state index in [2.05, 4.69) is 11.9 Å². The summed E-state index contributed by atoms with van der Waals surface area (Å²) >= 11 is 0. The normalized spacial score (nSPS) is 14.7. The number of benzene rings is 2. The van der Waals surface area contributed by atoms with Gasteiger partial charge in [0.1, 0.15) is 6.61 Å². The highest BCUT2D eigenvalue weighted by Crippen LogP contribution is 2.31. The van der Waals surface area contributed by atoms with Gasteiger partial charge in [-0.05, 0) is 35.4 Å². The van der Waals surface area contributed by atoms with Crippen LogP contribution >= 0.6 is 0 Å². The molecule has 2 aromatic rings. The first-order chi connectivity index (χ1) is 12.1. The highest BCUT2D eigenvalue weighted by atomic mass is 16.5. The van der Waals surface area contributed by atoms with Gasteiger partial charge in [0.25, 0.3) is 11.8 Å². The average molecular weight is 335 g/mol. The van der Waals surface area contributed by atoms with Crippen LogP contribution < -0.4 is 14.8 Å². The lowest BCUT2D eigenvalue weighted by molar-refractivity contribution is -0.114. The van der Waals surface area contributed by atoms with Crippen LogP contribution in [0.15, 0.2) is 55.1 Å². The second kappa shape index (κ2) is 7.05. The number of hydrogen-bond acceptors (Lipinski definition) is 4. The lowest BCUT2D eigenvalue weighted by atomic mass is 9.93. The third-order valence-electron chi connectivity index (χ3n) is 3.79. The third kappa shape index (κ3) is 3.30. The molecule has 25 heavy (non-hydrogen) atoms. The van der Waals surface area contributed by atoms with Gasteiger partial charge in [0.05, 0.1) is 7.11 Å². The van der Waals surface area contributed by atoms with E-state index < -0.39 is 5.91 Å². The predicted molar refractivity (Wildman–Crippen MR) is 95.5 cm³/mol. The van der Waals surface area contributed by atoms with Crippen molar-refractivity contribution in [2.45, 2.75) is 0 Å². The first kappa shape index (κ1) is 16.5. The van der Waals surface area contributed by atoms with Crippen molar-refractivity contribution in [3.63, 3.8) is 0 Å². The average Bonchev–Trinajstić information content (AvgIpc) is 2.63. The van der Waals surface area contributed by atoms with Gasteiger partial charge in [0.15, 0.2) is 11.5 Å². The Morgan fingerprint density at radius 1 is 1.04 bits per heavy atom. The summed E-state index contributed by atoms with van der Waals surface area (Å²) in [6.07, 6.45) is 3.37. The number of amides is 2. The minimum Gasteiger partial charge on any atom is -0.493 e. The van der Waals surface area contributed by atoms with Crippen molar-refractivity contribution in [1.29, 1.82) is 0 Å². The van der Waals surface area contributed by atoms with E-state index in [0.29, 0.717) is 34.8 Å². The highest BCUT2D eigenvalue weighted by Gasteiger charge is 2.26. The zero-order valence-corrected chi connectivity index (χ0v) is 13.7. The number of carbonyl (C=O) groups is 2. The van der Waals surface area contributed by atoms with Gasteiger partial charge in [-0.25, -0.2) is 0 Å². The molecule has 1 N–H and O–H groups in total. The van der Waals surface area contributed by atoms with Gasteiger partial charge >= 0.3 is 0 Å². The molecular weight excluding hydrogens is 318 g/mol. The second-order valence-electron chi connectivity index (χ2n) is 5.40. The molecule has 0 spiro atoms. The van der Waals surface area contributed by atoms with Crippen LogP contribution in [0.2, 0.25) is 0 Å². The van der Waals surface area contributed by atoms with Crippen molar-refractivity contribution in [1.82, 2.24) is 5.32 Å². The zero-order valence-electron chi connectivity index (χ0n) is 13.7. The minimum absolute atomic E-state index is 0.370. The van der Waals surface area contributed by atoms with Crippen LogP contribution in [0.5, 0.6) is 11.5 Å². The van der Waals surface area contributed by atoms with E-state index in [1.807, 2.05) is 6.07 Å². The summed E-state index contributed by atoms with van der Waals surface area (Å²) in [5.74, 6) is 0.336. The van der Waals surface area contributed by atoms with Crippen molar-refractivity contribution < 1.29 is 19.1 Å². The van der Waals surface area contributed by atoms with Gasteiger partial charge in [0.2, 0.25) is 0 Å². The molecule has 5 nitrogen and oxygen atoms in total. The molecular formula is C20H17NO4. The summed E-state index contributed by atoms with van der Waals surface area (Å²) in [6, 6.07) is 12.4. The van der Waals surface area contributed by atoms with Crippen molar-refractivity contribution in [2.24, 2.45) is 0 Å². The van der Waals surface area contributed by atoms with E-state index in [1.54, 1.807) is 55.7 Å². The lowest BCUT2D eigenvalue weighted by Gasteiger charge is -2.18. The molecule has 3 rings (SSSR count). The van der Waals surface area contributed by atoms with Gasteiger partial charge in [-0.15, -0.1) is 0 Å². The number of nitrogens with one attached hydrogen (secondary N) is 1. The van der Waals surface area contributed by atoms with Gasteiger partial charge in [-0.3, -0.25) is 14.9 Å². The SMILES string of the molecule is C=CCOc1ccc(/C=C2\C(=O)NC(=O)c3ccccc32)cc1OC. The topological polar surface area (TPSA) is 64.6 Å². The number of fused-ring (bicyclic) bond motifs is 1. The fourth-order valence-corrected chi connectivity index (χ4v) is 2.63. The Balaban J connectivity index is 2.03. The van der Waals surface area contributed by atoms with Gasteiger partial charge in [-0.2, -0.15) is 0 Å². The summed E-state index contributed by atoms with van der Waals surface area (Å²) in [7, 11) is 1.55. The standard InChI is InChI=1S/C20H17NO4/c1-3-10-25-17-9-8-13(12-18(17)24-2)11-16-14-6-4-5-7-15(14)19(22)21-20(16)23/h3-9,11-12H,1,10H2,2H3,(H,21,22,23)/b16-11-. The molecule has 0 unspecified atom stereocenters. The molecule has 0 bridgehead atoms. The molecule has 1 aliphatic rings. The molecule has 2 aromatic carbocycles. The third-order valence-corrected chi connectivity index (χ3v) is 3.79. The monoisotopic (exact) mass is 335 g/mol. The van der Waals surface area contributed by atoms with Crippen LogP contribution in [0.4, 0.5) is 0 Å². The van der Waals surface area contributed by atoms with E-state index in [4.69, 9.17) is 9.47 Å². The van der Waals surface area contributed by atoms with Crippen molar-refractivity contribution >= 4 is 23.5 Å². The fraction of sp³-hybridized carbons (Fsp3) is 0.100. The predicted octanol–water partition coefficient (Wildman–Crippen LogP) is 3.07. The van der Waals surface area contributed by atoms with Gasteiger partial charge in [0, 0.05) is 11.1 Å². The van der Waals surface area contributed by atoms with Crippen molar-refractivity contribution in [2.75, 3.05) is 13.7 Å². The van der Waals surface area contributed by atoms with Crippen LogP contribution in [0.1, 0.15) is 21.5 Å². The fourth-order valence-electron chi connectivity index (χ4n) is 2.63. The molecule has 2 amide bonds. The van der Waals surface area contributed by atoms with Gasteiger partial charge < -0.3 is 9.47 Å². The number of imide groups is 1. The van der Waals surface area contributed by atoms with Crippen LogP contribution in [0.25, 0.3) is 11.6 Å². The summed E-state index contributed by atoms with van der Waals surface area (Å²) < 4.78 is 10.9. The number of ether oxygens (including phenoxy) is 2. The maximum Gasteiger partial charge on any atom is 0.258 e. The number of rotatable bonds is 5. The van der Waals surface area contributed by atoms with Crippen LogP contribution in [0, 0.1) is 0 Å². The summed E-state index contributed by atoms with van der Waals surface area (Å²) in [4.78, 5) is 24.2. The largest absolute Gasteiger partial charge is 0.493 e. The lowest BCUT2D eigenvalue weighted by Crippen LogP contribution is -2.36. The molecule has 0 radical (unpaired) electrons. The van der Waals surface area contributed by atoms with E-state index >= 15 is 0 Å². The Bertz CT molecular complexity index is 883. The smallest absolute Gasteiger partial charge is 0.258 e. The molecule has 0 aromatic heterocycles. The van der Waals surface area contributed by atoms with Crippen molar-refractivity contribution in [3.8, 4) is 11.5 Å². The summed E-state index contributed by atoms with van der Waals surface area (Å²) in [5.41, 5.74) is 2.28. The Hall–Kier alpha value is -3.34. The first-order valence-electron chi connectivity index (χ1n) is 7.72. The van der Waals surface area contributed by atoms with Gasteiger partial charge in [-0.1, -0.05) is 36.9 Å². The number of methoxy groups -OCH3 is 1. The molecule has 0 aliphatic carbocycles. The Kier molecular flexibility index (Phi) is 4.66. The quantitative estimate of drug-likeness (QED) is 0.518. The zero-order chi connectivity index (χ0) is 17.8. The van der Waals surface area contributed by atoms with Crippen molar-refractivity contribution in [3.05, 3.63) is 71.8 Å². The van der Waals surface area contributed by atoms with E-state index in [-0.39, 0.29) is 5.91 Å². The molecule has 1 heterocycles. The van der Waals surface area contributed by atoms with Crippen LogP contribution in [0.3, 0.4) is 0 Å². The highest BCUT2D eigenvalue weighted by molar-refractivity contribution is 6.33. The maximum absolute atomic E-state index is 12.3. The van der Waals surface area contributed by atoms with E-state index in [0.717, 1.165) is 5.56 Å². The molecule has 0 saturated heterocycles. The Labute approximate surface area is 145 Å². The molecule has 1 aliphatic heterocycles. The Morgan fingerprint density at radius 3 is 2.52 bits per heavy atom. The number of carbonyl (C=O) groups excluding carboxylic acids is 2. The molecule has 0 atom stereocenters. The minimum atomic E-state index is -0.422. The molecule has 5 heteroatoms. The second-order valence-corrected chi connectivity index (χ2v) is 5.40. The summed E-state index contributed by atoms with van der Waals surface area (Å²) in [5, 5.41) is 2.36. The van der Waals surface area contributed by atoms with Crippen LogP contribution in [-0.2, 0) is 4.79 Å². The molecule has 126 valence electrons. The Morgan fingerprint density at radius 2 is 1.80 bits per heavy atom. The summed E-state index contributed by atoms with van der Waals surface area (Å²) in [6.45, 7) is 3.98. The number of hydrogen-bond donors (Lipinski definition) is 1. The van der Waals surface area contributed by atoms with Crippen LogP contribution in [-0.4, -0.2) is 25.5 Å². The van der Waals surface area contributed by atoms with E-state index in [9.17, 15) is 9.59 Å². The molecule has 0 fully saturated rings. The molecule has 0 saturated carbocycles.